The third-order valence-electron chi connectivity index (χ3n) is 3.99. The molecule has 2 rings (SSSR count). The Bertz CT molecular complexity index is 594. The predicted molar refractivity (Wildman–Crippen MR) is 101 cm³/mol. The van der Waals surface area contributed by atoms with E-state index in [4.69, 9.17) is 17.0 Å². The number of rotatable bonds is 7. The Kier molecular flexibility index (Phi) is 7.66. The van der Waals surface area contributed by atoms with Crippen LogP contribution in [0.1, 0.15) is 32.6 Å². The maximum Gasteiger partial charge on any atom is 0.308 e. The van der Waals surface area contributed by atoms with Crippen LogP contribution < -0.4 is 10.6 Å². The molecule has 7 heteroatoms. The van der Waals surface area contributed by atoms with Gasteiger partial charge in [-0.1, -0.05) is 38.0 Å². The van der Waals surface area contributed by atoms with Crippen molar-refractivity contribution in [3.8, 4) is 0 Å². The maximum absolute atomic E-state index is 12.2. The van der Waals surface area contributed by atoms with E-state index in [0.29, 0.717) is 24.8 Å². The van der Waals surface area contributed by atoms with E-state index in [1.165, 1.54) is 0 Å². The molecule has 1 aliphatic heterocycles. The largest absolute Gasteiger partial charge is 0.466 e. The molecule has 0 spiro atoms. The first-order chi connectivity index (χ1) is 12.1. The van der Waals surface area contributed by atoms with Gasteiger partial charge in [0.25, 0.3) is 0 Å². The molecule has 0 bridgehead atoms. The molecule has 1 aliphatic rings. The van der Waals surface area contributed by atoms with Gasteiger partial charge >= 0.3 is 5.97 Å². The maximum atomic E-state index is 12.2. The highest BCUT2D eigenvalue weighted by Crippen LogP contribution is 2.14. The smallest absolute Gasteiger partial charge is 0.308 e. The number of carbonyl (C=O) groups is 2. The van der Waals surface area contributed by atoms with Gasteiger partial charge in [-0.2, -0.15) is 0 Å². The van der Waals surface area contributed by atoms with Crippen LogP contribution in [-0.2, 0) is 14.3 Å². The number of unbranched alkanes of at least 4 members (excludes halogenated alkanes) is 2. The minimum absolute atomic E-state index is 0.00539. The summed E-state index contributed by atoms with van der Waals surface area (Å²) < 4.78 is 5.23. The fourth-order valence-electron chi connectivity index (χ4n) is 2.63. The van der Waals surface area contributed by atoms with Gasteiger partial charge < -0.3 is 20.3 Å². The third kappa shape index (κ3) is 6.01. The number of nitrogens with one attached hydrogen (secondary N) is 2. The van der Waals surface area contributed by atoms with E-state index in [0.717, 1.165) is 24.9 Å². The fraction of sp³-hybridized carbons (Fsp3) is 0.500. The lowest BCUT2D eigenvalue weighted by molar-refractivity contribution is -0.147. The van der Waals surface area contributed by atoms with Crippen molar-refractivity contribution in [2.24, 2.45) is 0 Å². The number of nitrogens with zero attached hydrogens (tertiary/aromatic N) is 1. The van der Waals surface area contributed by atoms with E-state index in [-0.39, 0.29) is 18.3 Å². The zero-order valence-corrected chi connectivity index (χ0v) is 15.3. The summed E-state index contributed by atoms with van der Waals surface area (Å²) in [6.45, 7) is 3.54. The van der Waals surface area contributed by atoms with Crippen LogP contribution in [0.3, 0.4) is 0 Å². The van der Waals surface area contributed by atoms with Crippen molar-refractivity contribution in [3.05, 3.63) is 30.3 Å². The van der Waals surface area contributed by atoms with E-state index in [1.807, 2.05) is 30.3 Å². The molecule has 0 aromatic heterocycles. The van der Waals surface area contributed by atoms with Crippen LogP contribution in [0.15, 0.2) is 30.3 Å². The molecule has 1 amide bonds. The minimum atomic E-state index is -0.642. The van der Waals surface area contributed by atoms with Crippen molar-refractivity contribution in [2.45, 2.75) is 38.6 Å². The molecule has 136 valence electrons. The molecule has 1 aromatic rings. The number of para-hydroxylation sites is 1. The lowest BCUT2D eigenvalue weighted by atomic mass is 10.1. The number of piperazine rings is 1. The molecular formula is C18H25N3O3S. The predicted octanol–water partition coefficient (Wildman–Crippen LogP) is 2.31. The first-order valence-corrected chi connectivity index (χ1v) is 9.08. The number of carbonyl (C=O) groups excluding carboxylic acids is 2. The highest BCUT2D eigenvalue weighted by atomic mass is 32.1. The van der Waals surface area contributed by atoms with Crippen molar-refractivity contribution >= 4 is 34.9 Å². The quantitative estimate of drug-likeness (QED) is 0.440. The average Bonchev–Trinajstić information content (AvgIpc) is 2.61. The van der Waals surface area contributed by atoms with Gasteiger partial charge in [-0.25, -0.2) is 0 Å². The van der Waals surface area contributed by atoms with Gasteiger partial charge in [-0.05, 0) is 30.8 Å². The number of hydrogen-bond acceptors (Lipinski definition) is 4. The van der Waals surface area contributed by atoms with Gasteiger partial charge in [0.1, 0.15) is 6.04 Å². The molecule has 1 unspecified atom stereocenters. The zero-order chi connectivity index (χ0) is 18.1. The summed E-state index contributed by atoms with van der Waals surface area (Å²) in [5, 5.41) is 6.34. The summed E-state index contributed by atoms with van der Waals surface area (Å²) in [5.41, 5.74) is 0.847. The van der Waals surface area contributed by atoms with Crippen LogP contribution in [0, 0.1) is 0 Å². The Morgan fingerprint density at radius 2 is 2.12 bits per heavy atom. The van der Waals surface area contributed by atoms with Gasteiger partial charge in [-0.15, -0.1) is 0 Å². The van der Waals surface area contributed by atoms with Crippen molar-refractivity contribution in [1.82, 2.24) is 10.2 Å². The number of benzene rings is 1. The highest BCUT2D eigenvalue weighted by Gasteiger charge is 2.33. The van der Waals surface area contributed by atoms with Crippen LogP contribution in [-0.4, -0.2) is 47.6 Å². The molecule has 0 saturated carbocycles. The van der Waals surface area contributed by atoms with E-state index in [2.05, 4.69) is 17.6 Å². The number of anilines is 1. The van der Waals surface area contributed by atoms with Crippen LogP contribution in [0.25, 0.3) is 0 Å². The van der Waals surface area contributed by atoms with Gasteiger partial charge in [-0.3, -0.25) is 9.59 Å². The first kappa shape index (κ1) is 19.2. The minimum Gasteiger partial charge on any atom is -0.466 e. The Labute approximate surface area is 153 Å². The third-order valence-corrected chi connectivity index (χ3v) is 4.32. The zero-order valence-electron chi connectivity index (χ0n) is 14.5. The standard InChI is InChI=1S/C18H25N3O3S/c1-2-3-7-12-24-16(22)13-15-17(23)19-10-11-21(15)18(25)20-14-8-5-4-6-9-14/h4-6,8-9,15H,2-3,7,10-13H2,1H3,(H,19,23)(H,20,25). The molecule has 1 fully saturated rings. The van der Waals surface area contributed by atoms with Gasteiger partial charge in [0.2, 0.25) is 5.91 Å². The van der Waals surface area contributed by atoms with Crippen LogP contribution in [0.5, 0.6) is 0 Å². The molecule has 6 nitrogen and oxygen atoms in total. The monoisotopic (exact) mass is 363 g/mol. The second-order valence-electron chi connectivity index (χ2n) is 5.93. The second-order valence-corrected chi connectivity index (χ2v) is 6.31. The Hall–Kier alpha value is -2.15. The number of hydrogen-bond donors (Lipinski definition) is 2. The number of esters is 1. The molecule has 0 radical (unpaired) electrons. The molecule has 1 heterocycles. The highest BCUT2D eigenvalue weighted by molar-refractivity contribution is 7.80. The van der Waals surface area contributed by atoms with Crippen LogP contribution in [0.2, 0.25) is 0 Å². The van der Waals surface area contributed by atoms with E-state index >= 15 is 0 Å². The average molecular weight is 363 g/mol. The first-order valence-electron chi connectivity index (χ1n) is 8.68. The lowest BCUT2D eigenvalue weighted by Gasteiger charge is -2.36. The van der Waals surface area contributed by atoms with Crippen molar-refractivity contribution in [3.63, 3.8) is 0 Å². The summed E-state index contributed by atoms with van der Waals surface area (Å²) in [5.74, 6) is -0.570. The Morgan fingerprint density at radius 1 is 1.36 bits per heavy atom. The molecule has 2 N–H and O–H groups in total. The molecule has 1 atom stereocenters. The van der Waals surface area contributed by atoms with Crippen molar-refractivity contribution < 1.29 is 14.3 Å². The molecule has 0 aliphatic carbocycles. The SMILES string of the molecule is CCCCCOC(=O)CC1C(=O)NCCN1C(=S)Nc1ccccc1. The van der Waals surface area contributed by atoms with Gasteiger partial charge in [0, 0.05) is 18.8 Å². The summed E-state index contributed by atoms with van der Waals surface area (Å²) in [7, 11) is 0. The van der Waals surface area contributed by atoms with Crippen molar-refractivity contribution in [2.75, 3.05) is 25.0 Å². The summed E-state index contributed by atoms with van der Waals surface area (Å²) >= 11 is 5.44. The van der Waals surface area contributed by atoms with Crippen LogP contribution in [0.4, 0.5) is 5.69 Å². The number of amides is 1. The van der Waals surface area contributed by atoms with Crippen LogP contribution >= 0.6 is 12.2 Å². The summed E-state index contributed by atoms with van der Waals surface area (Å²) in [6.07, 6.45) is 2.93. The topological polar surface area (TPSA) is 70.7 Å². The van der Waals surface area contributed by atoms with E-state index in [9.17, 15) is 9.59 Å². The number of ether oxygens (including phenoxy) is 1. The van der Waals surface area contributed by atoms with Crippen molar-refractivity contribution in [1.29, 1.82) is 0 Å². The lowest BCUT2D eigenvalue weighted by Crippen LogP contribution is -2.58. The Balaban J connectivity index is 1.94. The summed E-state index contributed by atoms with van der Waals surface area (Å²) in [6, 6.07) is 8.87. The summed E-state index contributed by atoms with van der Waals surface area (Å²) in [4.78, 5) is 26.0. The fourth-order valence-corrected chi connectivity index (χ4v) is 2.97. The number of thiocarbonyl (C=S) groups is 1. The Morgan fingerprint density at radius 3 is 2.84 bits per heavy atom. The molecule has 1 saturated heterocycles. The van der Waals surface area contributed by atoms with Gasteiger partial charge in [0.15, 0.2) is 5.11 Å². The molecular weight excluding hydrogens is 338 g/mol. The normalized spacial score (nSPS) is 16.9. The molecule has 1 aromatic carbocycles. The van der Waals surface area contributed by atoms with E-state index in [1.54, 1.807) is 4.90 Å². The van der Waals surface area contributed by atoms with E-state index < -0.39 is 6.04 Å². The van der Waals surface area contributed by atoms with Gasteiger partial charge in [0.05, 0.1) is 13.0 Å². The second kappa shape index (κ2) is 9.98. The molecule has 25 heavy (non-hydrogen) atoms.